The summed E-state index contributed by atoms with van der Waals surface area (Å²) in [4.78, 5) is 19.1. The minimum atomic E-state index is -0.910. The number of fused-ring (bicyclic) bond motifs is 3. The first-order valence-electron chi connectivity index (χ1n) is 9.11. The van der Waals surface area contributed by atoms with Gasteiger partial charge in [0.2, 0.25) is 11.7 Å². The molecule has 0 bridgehead atoms. The zero-order chi connectivity index (χ0) is 19.6. The summed E-state index contributed by atoms with van der Waals surface area (Å²) in [5, 5.41) is -0.910. The number of likely N-dealkylation sites (N-methyl/N-ethyl adjacent to an activating group) is 1. The lowest BCUT2D eigenvalue weighted by Crippen LogP contribution is -2.26. The number of nitrogens with zero attached hydrogens (tertiary/aromatic N) is 4. The number of rotatable bonds is 3. The molecule has 0 N–H and O–H groups in total. The number of para-hydroxylation sites is 1. The Morgan fingerprint density at radius 3 is 2.68 bits per heavy atom. The fourth-order valence-corrected chi connectivity index (χ4v) is 4.45. The number of benzene rings is 2. The highest BCUT2D eigenvalue weighted by Gasteiger charge is 2.32. The second-order valence-electron chi connectivity index (χ2n) is 7.27. The van der Waals surface area contributed by atoms with Gasteiger partial charge in [0.05, 0.1) is 22.4 Å². The zero-order valence-corrected chi connectivity index (χ0v) is 16.2. The third kappa shape index (κ3) is 2.31. The van der Waals surface area contributed by atoms with E-state index in [0.717, 1.165) is 35.3 Å². The number of hydrogen-bond donors (Lipinski definition) is 0. The molecular weight excluding hydrogens is 379 g/mol. The predicted molar refractivity (Wildman–Crippen MR) is 107 cm³/mol. The molecule has 0 saturated heterocycles. The Labute approximate surface area is 166 Å². The maximum absolute atomic E-state index is 13.5. The van der Waals surface area contributed by atoms with Crippen molar-refractivity contribution in [3.05, 3.63) is 59.5 Å². The average Bonchev–Trinajstić information content (AvgIpc) is 3.36. The Morgan fingerprint density at radius 1 is 1.21 bits per heavy atom. The van der Waals surface area contributed by atoms with Crippen LogP contribution in [0.4, 0.5) is 4.39 Å². The molecule has 142 valence electrons. The first kappa shape index (κ1) is 17.3. The van der Waals surface area contributed by atoms with E-state index in [2.05, 4.69) is 10.6 Å². The van der Waals surface area contributed by atoms with E-state index in [0.29, 0.717) is 11.4 Å². The van der Waals surface area contributed by atoms with Crippen molar-refractivity contribution >= 4 is 34.3 Å². The first-order valence-corrected chi connectivity index (χ1v) is 9.54. The average molecular weight is 397 g/mol. The number of aryl methyl sites for hydroxylation is 2. The summed E-state index contributed by atoms with van der Waals surface area (Å²) in [6, 6.07) is 12.3. The highest BCUT2D eigenvalue weighted by molar-refractivity contribution is 6.31. The summed E-state index contributed by atoms with van der Waals surface area (Å²) >= 11 is 6.69. The summed E-state index contributed by atoms with van der Waals surface area (Å²) < 4.78 is 17.6. The largest absolute Gasteiger partial charge is 0.347 e. The summed E-state index contributed by atoms with van der Waals surface area (Å²) in [6.07, 6.45) is 0.957. The number of halogens is 2. The molecule has 7 heteroatoms. The molecule has 0 saturated carbocycles. The molecule has 0 fully saturated rings. The smallest absolute Gasteiger partial charge is 0.246 e. The fraction of sp³-hybridized carbons (Fsp3) is 0.238. The Balaban J connectivity index is 1.87. The van der Waals surface area contributed by atoms with Crippen LogP contribution in [-0.4, -0.2) is 38.9 Å². The minimum Gasteiger partial charge on any atom is -0.347 e. The van der Waals surface area contributed by atoms with E-state index in [1.807, 2.05) is 16.5 Å². The van der Waals surface area contributed by atoms with Crippen molar-refractivity contribution in [1.82, 2.24) is 18.9 Å². The fourth-order valence-electron chi connectivity index (χ4n) is 4.05. The number of hydrogen-bond acceptors (Lipinski definition) is 2. The zero-order valence-electron chi connectivity index (χ0n) is 15.5. The molecule has 1 amide bonds. The van der Waals surface area contributed by atoms with Gasteiger partial charge in [-0.3, -0.25) is 9.20 Å². The number of alkyl halides is 1. The van der Waals surface area contributed by atoms with E-state index in [1.54, 1.807) is 26.2 Å². The molecule has 1 aliphatic rings. The number of carbonyl (C=O) groups excluding carboxylic acids is 1. The van der Waals surface area contributed by atoms with E-state index in [9.17, 15) is 9.18 Å². The molecule has 4 aromatic rings. The van der Waals surface area contributed by atoms with Crippen LogP contribution >= 0.6 is 11.6 Å². The van der Waals surface area contributed by atoms with Crippen LogP contribution in [0.5, 0.6) is 0 Å². The normalized spacial score (nSPS) is 14.1. The van der Waals surface area contributed by atoms with Crippen LogP contribution < -0.4 is 0 Å². The molecule has 3 heterocycles. The predicted octanol–water partition coefficient (Wildman–Crippen LogP) is 4.02. The molecule has 1 atom stereocenters. The van der Waals surface area contributed by atoms with Gasteiger partial charge in [0.15, 0.2) is 5.38 Å². The first-order chi connectivity index (χ1) is 13.5. The Hall–Kier alpha value is -2.86. The third-order valence-corrected chi connectivity index (χ3v) is 5.76. The van der Waals surface area contributed by atoms with Crippen LogP contribution in [0.15, 0.2) is 42.5 Å². The standard InChI is InChI=1S/C21H18ClFN4O/c1-25(2)20(28)16(22)19-17(12-6-8-14(23)9-7-12)24-21-26-11-10-13-4-3-5-15(18(13)26)27(19)21/h3-9,16H,10-11H2,1-2H3. The van der Waals surface area contributed by atoms with Gasteiger partial charge in [-0.1, -0.05) is 12.1 Å². The van der Waals surface area contributed by atoms with Gasteiger partial charge in [-0.2, -0.15) is 0 Å². The molecule has 5 nitrogen and oxygen atoms in total. The summed E-state index contributed by atoms with van der Waals surface area (Å²) in [6.45, 7) is 0.834. The van der Waals surface area contributed by atoms with Crippen molar-refractivity contribution in [3.63, 3.8) is 0 Å². The van der Waals surface area contributed by atoms with Gasteiger partial charge in [-0.15, -0.1) is 11.6 Å². The molecule has 28 heavy (non-hydrogen) atoms. The van der Waals surface area contributed by atoms with E-state index in [-0.39, 0.29) is 11.7 Å². The molecule has 5 rings (SSSR count). The maximum Gasteiger partial charge on any atom is 0.246 e. The Kier molecular flexibility index (Phi) is 3.74. The van der Waals surface area contributed by atoms with Crippen LogP contribution in [0.1, 0.15) is 16.6 Å². The van der Waals surface area contributed by atoms with Gasteiger partial charge in [0.1, 0.15) is 5.82 Å². The number of aromatic nitrogens is 3. The second kappa shape index (κ2) is 6.07. The van der Waals surface area contributed by atoms with Crippen molar-refractivity contribution in [2.24, 2.45) is 0 Å². The molecule has 0 radical (unpaired) electrons. The van der Waals surface area contributed by atoms with Gasteiger partial charge in [-0.05, 0) is 42.3 Å². The third-order valence-electron chi connectivity index (χ3n) is 5.37. The molecule has 0 aliphatic carbocycles. The highest BCUT2D eigenvalue weighted by atomic mass is 35.5. The van der Waals surface area contributed by atoms with Gasteiger partial charge >= 0.3 is 0 Å². The summed E-state index contributed by atoms with van der Waals surface area (Å²) in [5.41, 5.74) is 5.34. The summed E-state index contributed by atoms with van der Waals surface area (Å²) in [5.74, 6) is 0.214. The number of amides is 1. The Bertz CT molecular complexity index is 1240. The van der Waals surface area contributed by atoms with E-state index in [4.69, 9.17) is 16.6 Å². The lowest BCUT2D eigenvalue weighted by Gasteiger charge is -2.16. The SMILES string of the molecule is CN(C)C(=O)C(Cl)c1c(-c2ccc(F)cc2)nc2n3c4c(cccc4n12)CC3. The van der Waals surface area contributed by atoms with Gasteiger partial charge in [0, 0.05) is 26.2 Å². The molecule has 2 aromatic carbocycles. The monoisotopic (exact) mass is 396 g/mol. The quantitative estimate of drug-likeness (QED) is 0.491. The number of carbonyl (C=O) groups is 1. The topological polar surface area (TPSA) is 42.5 Å². The maximum atomic E-state index is 13.5. The highest BCUT2D eigenvalue weighted by Crippen LogP contribution is 2.38. The lowest BCUT2D eigenvalue weighted by molar-refractivity contribution is -0.128. The molecule has 2 aromatic heterocycles. The molecular formula is C21H18ClFN4O. The van der Waals surface area contributed by atoms with E-state index in [1.165, 1.54) is 22.6 Å². The van der Waals surface area contributed by atoms with Crippen LogP contribution in [-0.2, 0) is 17.8 Å². The van der Waals surface area contributed by atoms with Crippen molar-refractivity contribution in [2.45, 2.75) is 18.3 Å². The summed E-state index contributed by atoms with van der Waals surface area (Å²) in [7, 11) is 3.36. The van der Waals surface area contributed by atoms with Crippen molar-refractivity contribution in [3.8, 4) is 11.3 Å². The van der Waals surface area contributed by atoms with Gasteiger partial charge in [-0.25, -0.2) is 9.37 Å². The van der Waals surface area contributed by atoms with Crippen molar-refractivity contribution in [2.75, 3.05) is 14.1 Å². The van der Waals surface area contributed by atoms with Crippen molar-refractivity contribution in [1.29, 1.82) is 0 Å². The van der Waals surface area contributed by atoms with Crippen molar-refractivity contribution < 1.29 is 9.18 Å². The Morgan fingerprint density at radius 2 is 1.96 bits per heavy atom. The molecule has 0 spiro atoms. The molecule has 1 aliphatic heterocycles. The van der Waals surface area contributed by atoms with Crippen LogP contribution in [0.2, 0.25) is 0 Å². The van der Waals surface area contributed by atoms with E-state index < -0.39 is 5.38 Å². The van der Waals surface area contributed by atoms with Crippen LogP contribution in [0.3, 0.4) is 0 Å². The van der Waals surface area contributed by atoms with Crippen LogP contribution in [0, 0.1) is 5.82 Å². The van der Waals surface area contributed by atoms with Gasteiger partial charge in [0.25, 0.3) is 0 Å². The van der Waals surface area contributed by atoms with Gasteiger partial charge < -0.3 is 9.47 Å². The number of imidazole rings is 2. The minimum absolute atomic E-state index is 0.221. The lowest BCUT2D eigenvalue weighted by atomic mass is 10.1. The van der Waals surface area contributed by atoms with Crippen LogP contribution in [0.25, 0.3) is 28.1 Å². The second-order valence-corrected chi connectivity index (χ2v) is 7.71. The molecule has 1 unspecified atom stereocenters. The van der Waals surface area contributed by atoms with E-state index >= 15 is 0 Å².